The zero-order valence-electron chi connectivity index (χ0n) is 22.5. The molecule has 1 aromatic heterocycles. The number of fused-ring (bicyclic) bond motifs is 2. The number of nitrogens with zero attached hydrogens (tertiary/aromatic N) is 1. The molecule has 6 heteroatoms. The number of hydrogen-bond acceptors (Lipinski definition) is 5. The van der Waals surface area contributed by atoms with Crippen molar-refractivity contribution in [2.75, 3.05) is 7.11 Å². The Morgan fingerprint density at radius 2 is 1.60 bits per heavy atom. The van der Waals surface area contributed by atoms with E-state index in [1.165, 1.54) is 0 Å². The molecule has 2 unspecified atom stereocenters. The number of nitrogens with one attached hydrogen (secondary N) is 1. The lowest BCUT2D eigenvalue weighted by Gasteiger charge is -2.14. The molecule has 0 fully saturated rings. The van der Waals surface area contributed by atoms with Gasteiger partial charge in [-0.25, -0.2) is 4.98 Å². The summed E-state index contributed by atoms with van der Waals surface area (Å²) in [5.74, 6) is 0.581. The first-order valence-electron chi connectivity index (χ1n) is 13.6. The Morgan fingerprint density at radius 1 is 0.875 bits per heavy atom. The van der Waals surface area contributed by atoms with Gasteiger partial charge in [0.25, 0.3) is 0 Å². The van der Waals surface area contributed by atoms with E-state index in [0.717, 1.165) is 29.8 Å². The van der Waals surface area contributed by atoms with Crippen LogP contribution >= 0.6 is 0 Å². The van der Waals surface area contributed by atoms with Crippen LogP contribution < -0.4 is 9.47 Å². The molecule has 0 saturated heterocycles. The Balaban J connectivity index is 1.37. The summed E-state index contributed by atoms with van der Waals surface area (Å²) < 4.78 is 11.6. The molecule has 1 N–H and O–H groups in total. The lowest BCUT2D eigenvalue weighted by atomic mass is 9.92. The maximum absolute atomic E-state index is 13.8. The van der Waals surface area contributed by atoms with Gasteiger partial charge < -0.3 is 14.5 Å². The predicted octanol–water partition coefficient (Wildman–Crippen LogP) is 7.25. The molecule has 2 atom stereocenters. The molecule has 0 amide bonds. The van der Waals surface area contributed by atoms with E-state index in [-0.39, 0.29) is 17.5 Å². The molecule has 0 saturated carbocycles. The number of aromatic amines is 1. The molecular formula is C34H30N2O4. The molecule has 5 aromatic rings. The van der Waals surface area contributed by atoms with Gasteiger partial charge in [-0.15, -0.1) is 0 Å². The second-order valence-corrected chi connectivity index (χ2v) is 10.1. The monoisotopic (exact) mass is 530 g/mol. The van der Waals surface area contributed by atoms with E-state index in [1.54, 1.807) is 37.4 Å². The second kappa shape index (κ2) is 10.8. The van der Waals surface area contributed by atoms with E-state index in [1.807, 2.05) is 48.5 Å². The minimum Gasteiger partial charge on any atom is -0.494 e. The number of rotatable bonds is 9. The van der Waals surface area contributed by atoms with Gasteiger partial charge in [0.2, 0.25) is 0 Å². The molecule has 6 nitrogen and oxygen atoms in total. The van der Waals surface area contributed by atoms with Crippen molar-refractivity contribution < 1.29 is 19.1 Å². The topological polar surface area (TPSA) is 81.3 Å². The Morgan fingerprint density at radius 3 is 2.33 bits per heavy atom. The smallest absolute Gasteiger partial charge is 0.179 e. The number of carbonyl (C=O) groups excluding carboxylic acids is 2. The number of H-pyrrole nitrogens is 1. The maximum Gasteiger partial charge on any atom is 0.179 e. The molecule has 1 aliphatic rings. The summed E-state index contributed by atoms with van der Waals surface area (Å²) >= 11 is 0. The summed E-state index contributed by atoms with van der Waals surface area (Å²) in [6.07, 6.45) is 1.88. The summed E-state index contributed by atoms with van der Waals surface area (Å²) in [4.78, 5) is 35.8. The summed E-state index contributed by atoms with van der Waals surface area (Å²) in [7, 11) is 1.60. The van der Waals surface area contributed by atoms with Crippen molar-refractivity contribution >= 4 is 22.6 Å². The van der Waals surface area contributed by atoms with Crippen molar-refractivity contribution in [1.82, 2.24) is 9.97 Å². The largest absolute Gasteiger partial charge is 0.494 e. The van der Waals surface area contributed by atoms with Crippen molar-refractivity contribution in [3.63, 3.8) is 0 Å². The van der Waals surface area contributed by atoms with E-state index in [2.05, 4.69) is 24.0 Å². The van der Waals surface area contributed by atoms with Crippen LogP contribution in [0.2, 0.25) is 0 Å². The number of ketones is 2. The third-order valence-corrected chi connectivity index (χ3v) is 7.59. The van der Waals surface area contributed by atoms with Crippen LogP contribution in [-0.2, 0) is 6.61 Å². The van der Waals surface area contributed by atoms with Gasteiger partial charge in [-0.1, -0.05) is 80.1 Å². The van der Waals surface area contributed by atoms with Crippen molar-refractivity contribution in [3.05, 3.63) is 125 Å². The number of benzene rings is 4. The minimum absolute atomic E-state index is 0.0488. The summed E-state index contributed by atoms with van der Waals surface area (Å²) in [6.45, 7) is 2.52. The number of Topliss-reactive ketones (excluding diaryl/α,β-unsaturated/α-hetero) is 2. The standard InChI is InChI=1S/C34H30N2O4/c1-3-10-24(22-13-8-5-9-14-22)34-35-30-26(17-18-28(39-2)31(30)36-34)29-32(37)25-16-15-23(19-27(25)33(29)38)40-20-21-11-6-4-7-12-21/h4-9,11-19,24,29H,3,10,20H2,1-2H3,(H,35,36). The zero-order valence-corrected chi connectivity index (χ0v) is 22.5. The first kappa shape index (κ1) is 25.6. The highest BCUT2D eigenvalue weighted by atomic mass is 16.5. The quantitative estimate of drug-likeness (QED) is 0.203. The summed E-state index contributed by atoms with van der Waals surface area (Å²) in [5, 5.41) is 0. The van der Waals surface area contributed by atoms with Crippen LogP contribution in [0.4, 0.5) is 0 Å². The molecule has 6 rings (SSSR count). The highest BCUT2D eigenvalue weighted by Gasteiger charge is 2.41. The van der Waals surface area contributed by atoms with Crippen molar-refractivity contribution in [1.29, 1.82) is 0 Å². The summed E-state index contributed by atoms with van der Waals surface area (Å²) in [5.41, 5.74) is 4.87. The number of hydrogen-bond donors (Lipinski definition) is 1. The zero-order chi connectivity index (χ0) is 27.6. The molecule has 200 valence electrons. The molecular weight excluding hydrogens is 500 g/mol. The van der Waals surface area contributed by atoms with Crippen molar-refractivity contribution in [3.8, 4) is 11.5 Å². The fourth-order valence-electron chi connectivity index (χ4n) is 5.60. The maximum atomic E-state index is 13.8. The number of methoxy groups -OCH3 is 1. The van der Waals surface area contributed by atoms with Crippen molar-refractivity contribution in [2.45, 2.75) is 38.2 Å². The minimum atomic E-state index is -0.956. The average Bonchev–Trinajstić information content (AvgIpc) is 3.54. The van der Waals surface area contributed by atoms with Crippen LogP contribution in [0.3, 0.4) is 0 Å². The normalized spacial score (nSPS) is 15.3. The Hall–Kier alpha value is -4.71. The molecule has 1 heterocycles. The first-order valence-corrected chi connectivity index (χ1v) is 13.6. The average molecular weight is 531 g/mol. The van der Waals surface area contributed by atoms with E-state index in [4.69, 9.17) is 14.5 Å². The number of aromatic nitrogens is 2. The van der Waals surface area contributed by atoms with Gasteiger partial charge in [0.1, 0.15) is 35.4 Å². The predicted molar refractivity (Wildman–Crippen MR) is 154 cm³/mol. The van der Waals surface area contributed by atoms with E-state index >= 15 is 0 Å². The van der Waals surface area contributed by atoms with Gasteiger partial charge in [-0.2, -0.15) is 0 Å². The fraction of sp³-hybridized carbons (Fsp3) is 0.206. The third kappa shape index (κ3) is 4.56. The molecule has 0 bridgehead atoms. The van der Waals surface area contributed by atoms with Gasteiger partial charge >= 0.3 is 0 Å². The fourth-order valence-corrected chi connectivity index (χ4v) is 5.60. The van der Waals surface area contributed by atoms with Gasteiger partial charge in [0.05, 0.1) is 12.6 Å². The van der Waals surface area contributed by atoms with Crippen LogP contribution in [0.25, 0.3) is 11.0 Å². The second-order valence-electron chi connectivity index (χ2n) is 10.1. The molecule has 4 aromatic carbocycles. The molecule has 0 aliphatic heterocycles. The van der Waals surface area contributed by atoms with Gasteiger partial charge in [0.15, 0.2) is 11.6 Å². The number of carbonyl (C=O) groups is 2. The highest BCUT2D eigenvalue weighted by molar-refractivity contribution is 6.30. The van der Waals surface area contributed by atoms with Crippen LogP contribution in [0.5, 0.6) is 11.5 Å². The first-order chi connectivity index (χ1) is 19.6. The van der Waals surface area contributed by atoms with Crippen LogP contribution in [0.15, 0.2) is 91.0 Å². The van der Waals surface area contributed by atoms with Crippen LogP contribution in [0.1, 0.15) is 74.8 Å². The van der Waals surface area contributed by atoms with Crippen LogP contribution in [-0.4, -0.2) is 28.6 Å². The lowest BCUT2D eigenvalue weighted by molar-refractivity contribution is 0.0890. The molecule has 1 aliphatic carbocycles. The Kier molecular flexibility index (Phi) is 6.91. The number of imidazole rings is 1. The van der Waals surface area contributed by atoms with Gasteiger partial charge in [-0.3, -0.25) is 9.59 Å². The summed E-state index contributed by atoms with van der Waals surface area (Å²) in [6, 6.07) is 28.8. The Labute approximate surface area is 233 Å². The van der Waals surface area contributed by atoms with Gasteiger partial charge in [-0.05, 0) is 47.4 Å². The van der Waals surface area contributed by atoms with E-state index in [0.29, 0.717) is 45.8 Å². The van der Waals surface area contributed by atoms with Crippen LogP contribution in [0, 0.1) is 0 Å². The molecule has 40 heavy (non-hydrogen) atoms. The third-order valence-electron chi connectivity index (χ3n) is 7.59. The molecule has 0 spiro atoms. The SMILES string of the molecule is CCCC(c1ccccc1)c1nc2c(OC)ccc(C3C(=O)c4ccc(OCc5ccccc5)cc4C3=O)c2[nH]1. The highest BCUT2D eigenvalue weighted by Crippen LogP contribution is 2.41. The van der Waals surface area contributed by atoms with Crippen molar-refractivity contribution in [2.24, 2.45) is 0 Å². The Bertz CT molecular complexity index is 1690. The molecule has 0 radical (unpaired) electrons. The number of ether oxygens (including phenoxy) is 2. The van der Waals surface area contributed by atoms with E-state index < -0.39 is 5.92 Å². The van der Waals surface area contributed by atoms with Gasteiger partial charge in [0, 0.05) is 17.0 Å². The van der Waals surface area contributed by atoms with E-state index in [9.17, 15) is 9.59 Å². The lowest BCUT2D eigenvalue weighted by Crippen LogP contribution is -2.13.